The monoisotopic (exact) mass is 302 g/mol. The molecular weight excluding hydrogens is 284 g/mol. The average molecular weight is 302 g/mol. The molecule has 0 saturated heterocycles. The van der Waals surface area contributed by atoms with Crippen molar-refractivity contribution in [3.05, 3.63) is 95.6 Å². The number of rotatable bonds is 3. The van der Waals surface area contributed by atoms with Crippen LogP contribution in [0.2, 0.25) is 0 Å². The van der Waals surface area contributed by atoms with E-state index >= 15 is 0 Å². The molecule has 114 valence electrons. The zero-order valence-corrected chi connectivity index (χ0v) is 13.0. The molecule has 0 amide bonds. The quantitative estimate of drug-likeness (QED) is 0.778. The Morgan fingerprint density at radius 2 is 1.70 bits per heavy atom. The van der Waals surface area contributed by atoms with E-state index in [9.17, 15) is 9.59 Å². The van der Waals surface area contributed by atoms with Gasteiger partial charge < -0.3 is 0 Å². The van der Waals surface area contributed by atoms with Gasteiger partial charge in [0.05, 0.1) is 0 Å². The van der Waals surface area contributed by atoms with Crippen LogP contribution in [0, 0.1) is 5.92 Å². The van der Waals surface area contributed by atoms with Crippen molar-refractivity contribution < 1.29 is 9.59 Å². The van der Waals surface area contributed by atoms with Gasteiger partial charge in [-0.25, -0.2) is 0 Å². The van der Waals surface area contributed by atoms with Crippen molar-refractivity contribution in [2.75, 3.05) is 0 Å². The Labute approximate surface area is 136 Å². The highest BCUT2D eigenvalue weighted by Crippen LogP contribution is 2.40. The topological polar surface area (TPSA) is 34.1 Å². The second kappa shape index (κ2) is 6.17. The number of carbonyl (C=O) groups excluding carboxylic acids is 2. The summed E-state index contributed by atoms with van der Waals surface area (Å²) in [6, 6.07) is 7.69. The van der Waals surface area contributed by atoms with Gasteiger partial charge in [-0.3, -0.25) is 9.59 Å². The minimum Gasteiger partial charge on any atom is -0.290 e. The molecule has 2 aliphatic rings. The van der Waals surface area contributed by atoms with Crippen LogP contribution in [-0.4, -0.2) is 11.6 Å². The lowest BCUT2D eigenvalue weighted by Gasteiger charge is -2.30. The fraction of sp³-hybridized carbons (Fsp3) is 0.143. The number of fused-ring (bicyclic) bond motifs is 1. The van der Waals surface area contributed by atoms with Gasteiger partial charge in [0.1, 0.15) is 0 Å². The third-order valence-electron chi connectivity index (χ3n) is 4.46. The van der Waals surface area contributed by atoms with Crippen LogP contribution in [0.1, 0.15) is 28.8 Å². The van der Waals surface area contributed by atoms with Crippen LogP contribution in [0.3, 0.4) is 0 Å². The Morgan fingerprint density at radius 1 is 1.00 bits per heavy atom. The number of hydrogen-bond acceptors (Lipinski definition) is 2. The molecule has 0 spiro atoms. The summed E-state index contributed by atoms with van der Waals surface area (Å²) in [6.07, 6.45) is 12.7. The maximum absolute atomic E-state index is 12.1. The van der Waals surface area contributed by atoms with Gasteiger partial charge in [-0.1, -0.05) is 61.2 Å². The minimum absolute atomic E-state index is 0.0362. The van der Waals surface area contributed by atoms with E-state index in [-0.39, 0.29) is 23.4 Å². The predicted octanol–water partition coefficient (Wildman–Crippen LogP) is 4.34. The smallest absolute Gasteiger partial charge is 0.185 e. The molecule has 0 heterocycles. The van der Waals surface area contributed by atoms with Crippen molar-refractivity contribution in [2.45, 2.75) is 12.8 Å². The number of allylic oxidation sites excluding steroid dienone is 9. The highest BCUT2D eigenvalue weighted by atomic mass is 16.1. The van der Waals surface area contributed by atoms with Crippen LogP contribution in [0.25, 0.3) is 0 Å². The first-order chi connectivity index (χ1) is 11.1. The summed E-state index contributed by atoms with van der Waals surface area (Å²) in [6.45, 7) is 5.55. The summed E-state index contributed by atoms with van der Waals surface area (Å²) in [5, 5.41) is 0. The van der Waals surface area contributed by atoms with Crippen LogP contribution in [0.15, 0.2) is 84.5 Å². The zero-order valence-electron chi connectivity index (χ0n) is 13.0. The van der Waals surface area contributed by atoms with Crippen molar-refractivity contribution in [3.63, 3.8) is 0 Å². The lowest BCUT2D eigenvalue weighted by Crippen LogP contribution is -2.22. The molecule has 2 heteroatoms. The van der Waals surface area contributed by atoms with Gasteiger partial charge in [0, 0.05) is 23.0 Å². The molecule has 0 bridgehead atoms. The van der Waals surface area contributed by atoms with E-state index < -0.39 is 0 Å². The van der Waals surface area contributed by atoms with Gasteiger partial charge in [-0.2, -0.15) is 0 Å². The van der Waals surface area contributed by atoms with E-state index in [1.165, 1.54) is 0 Å². The maximum Gasteiger partial charge on any atom is 0.185 e. The molecule has 2 nitrogen and oxygen atoms in total. The van der Waals surface area contributed by atoms with Crippen molar-refractivity contribution in [1.82, 2.24) is 0 Å². The van der Waals surface area contributed by atoms with Crippen LogP contribution in [0.4, 0.5) is 0 Å². The Balaban J connectivity index is 2.10. The summed E-state index contributed by atoms with van der Waals surface area (Å²) in [7, 11) is 0. The third-order valence-corrected chi connectivity index (χ3v) is 4.46. The molecule has 0 saturated carbocycles. The van der Waals surface area contributed by atoms with Crippen LogP contribution >= 0.6 is 0 Å². The molecule has 2 unspecified atom stereocenters. The van der Waals surface area contributed by atoms with Crippen molar-refractivity contribution in [1.29, 1.82) is 0 Å². The molecule has 1 aromatic rings. The Morgan fingerprint density at radius 3 is 2.48 bits per heavy atom. The molecular formula is C21H18O2. The summed E-state index contributed by atoms with van der Waals surface area (Å²) >= 11 is 0. The van der Waals surface area contributed by atoms with Gasteiger partial charge in [0.2, 0.25) is 0 Å². The highest BCUT2D eigenvalue weighted by molar-refractivity contribution is 6.08. The van der Waals surface area contributed by atoms with Gasteiger partial charge >= 0.3 is 0 Å². The summed E-state index contributed by atoms with van der Waals surface area (Å²) in [5.74, 6) is 0.160. The number of benzene rings is 1. The van der Waals surface area contributed by atoms with Crippen molar-refractivity contribution in [3.8, 4) is 0 Å². The van der Waals surface area contributed by atoms with Crippen LogP contribution < -0.4 is 0 Å². The van der Waals surface area contributed by atoms with Crippen LogP contribution in [-0.2, 0) is 4.79 Å². The van der Waals surface area contributed by atoms with Crippen LogP contribution in [0.5, 0.6) is 0 Å². The molecule has 0 fully saturated rings. The lowest BCUT2D eigenvalue weighted by molar-refractivity contribution is -0.111. The van der Waals surface area contributed by atoms with E-state index in [0.29, 0.717) is 0 Å². The third kappa shape index (κ3) is 2.68. The Kier molecular flexibility index (Phi) is 4.07. The largest absolute Gasteiger partial charge is 0.290 e. The SMILES string of the molecule is C=C/C=C\C1=C(C)C(=O)C=CC1C1C=CC(=O)c2ccccc21. The second-order valence-corrected chi connectivity index (χ2v) is 5.76. The first-order valence-corrected chi connectivity index (χ1v) is 7.67. The summed E-state index contributed by atoms with van der Waals surface area (Å²) in [4.78, 5) is 24.1. The normalized spacial score (nSPS) is 23.5. The van der Waals surface area contributed by atoms with E-state index in [1.54, 1.807) is 18.2 Å². The highest BCUT2D eigenvalue weighted by Gasteiger charge is 2.31. The number of ketones is 2. The van der Waals surface area contributed by atoms with Gasteiger partial charge in [0.15, 0.2) is 11.6 Å². The van der Waals surface area contributed by atoms with Crippen molar-refractivity contribution in [2.24, 2.45) is 5.92 Å². The van der Waals surface area contributed by atoms with Gasteiger partial charge in [-0.15, -0.1) is 0 Å². The standard InChI is InChI=1S/C21H18O2/c1-3-4-7-15-14(2)20(22)12-10-17(15)18-11-13-21(23)19-9-6-5-8-16(18)19/h3-13,17-18H,1H2,2H3/b7-4-. The van der Waals surface area contributed by atoms with Gasteiger partial charge in [0.25, 0.3) is 0 Å². The fourth-order valence-electron chi connectivity index (χ4n) is 3.24. The Bertz CT molecular complexity index is 803. The number of carbonyl (C=O) groups is 2. The lowest BCUT2D eigenvalue weighted by atomic mass is 9.73. The molecule has 23 heavy (non-hydrogen) atoms. The van der Waals surface area contributed by atoms with E-state index in [0.717, 1.165) is 22.3 Å². The fourth-order valence-corrected chi connectivity index (χ4v) is 3.24. The molecule has 2 aliphatic carbocycles. The Hall–Kier alpha value is -2.74. The minimum atomic E-state index is 0.0362. The zero-order chi connectivity index (χ0) is 16.4. The predicted molar refractivity (Wildman–Crippen MR) is 92.3 cm³/mol. The first kappa shape index (κ1) is 15.2. The molecule has 0 radical (unpaired) electrons. The van der Waals surface area contributed by atoms with E-state index in [2.05, 4.69) is 6.58 Å². The number of hydrogen-bond donors (Lipinski definition) is 0. The van der Waals surface area contributed by atoms with Gasteiger partial charge in [-0.05, 0) is 30.2 Å². The molecule has 3 rings (SSSR count). The first-order valence-electron chi connectivity index (χ1n) is 7.67. The second-order valence-electron chi connectivity index (χ2n) is 5.76. The molecule has 1 aromatic carbocycles. The average Bonchev–Trinajstić information content (AvgIpc) is 2.57. The maximum atomic E-state index is 12.1. The summed E-state index contributed by atoms with van der Waals surface area (Å²) in [5.41, 5.74) is 3.49. The molecule has 0 aliphatic heterocycles. The van der Waals surface area contributed by atoms with E-state index in [1.807, 2.05) is 55.5 Å². The molecule has 0 aromatic heterocycles. The van der Waals surface area contributed by atoms with E-state index in [4.69, 9.17) is 0 Å². The summed E-state index contributed by atoms with van der Waals surface area (Å²) < 4.78 is 0. The van der Waals surface area contributed by atoms with Crippen molar-refractivity contribution >= 4 is 11.6 Å². The molecule has 0 N–H and O–H groups in total. The molecule has 2 atom stereocenters.